The van der Waals surface area contributed by atoms with E-state index in [-0.39, 0.29) is 22.4 Å². The Balaban J connectivity index is 1.92. The minimum Gasteiger partial charge on any atom is -0.505 e. The molecule has 2 aromatic carbocycles. The minimum atomic E-state index is -5.00. The summed E-state index contributed by atoms with van der Waals surface area (Å²) in [5, 5.41) is 23.8. The number of phenolic OH excluding ortho intramolecular Hbond substituents is 1. The third kappa shape index (κ3) is 3.09. The number of hydrogen-bond donors (Lipinski definition) is 4. The van der Waals surface area contributed by atoms with Crippen molar-refractivity contribution in [1.29, 1.82) is 0 Å². The fourth-order valence-corrected chi connectivity index (χ4v) is 4.17. The lowest BCUT2D eigenvalue weighted by atomic mass is 9.70. The summed E-state index contributed by atoms with van der Waals surface area (Å²) in [6, 6.07) is 7.55. The Kier molecular flexibility index (Phi) is 4.54. The first-order valence-electron chi connectivity index (χ1n) is 9.21. The normalized spacial score (nSPS) is 23.9. The van der Waals surface area contributed by atoms with E-state index in [0.717, 1.165) is 12.1 Å². The molecule has 0 radical (unpaired) electrons. The van der Waals surface area contributed by atoms with Gasteiger partial charge in [-0.05, 0) is 53.8 Å². The standard InChI is InChI=1S/C21H18F4N2O3/c1-10-9-20(30,21(23,24)25)19(13-8-17(28)14(22)7-12(10)13)27-16-4-2-3-15-11(16)5-6-18(29)26-15/h2-8,10,19,27-28,30H,9H2,1H3,(H,26,29)/t10-,19?,20-/m1/s1. The highest BCUT2D eigenvalue weighted by atomic mass is 19.4. The van der Waals surface area contributed by atoms with Crippen molar-refractivity contribution in [2.45, 2.75) is 37.1 Å². The van der Waals surface area contributed by atoms with Crippen LogP contribution in [0.5, 0.6) is 5.75 Å². The van der Waals surface area contributed by atoms with Gasteiger partial charge in [-0.15, -0.1) is 0 Å². The maximum Gasteiger partial charge on any atom is 0.419 e. The van der Waals surface area contributed by atoms with Gasteiger partial charge in [-0.3, -0.25) is 4.79 Å². The Morgan fingerprint density at radius 2 is 1.90 bits per heavy atom. The molecule has 4 N–H and O–H groups in total. The zero-order chi connectivity index (χ0) is 21.8. The molecule has 158 valence electrons. The van der Waals surface area contributed by atoms with Gasteiger partial charge in [-0.25, -0.2) is 4.39 Å². The number of nitrogens with one attached hydrogen (secondary N) is 2. The van der Waals surface area contributed by atoms with Gasteiger partial charge in [0.15, 0.2) is 17.2 Å². The van der Waals surface area contributed by atoms with Crippen molar-refractivity contribution in [3.63, 3.8) is 0 Å². The average molecular weight is 422 g/mol. The van der Waals surface area contributed by atoms with Crippen LogP contribution in [0.4, 0.5) is 23.2 Å². The molecule has 1 unspecified atom stereocenters. The molecule has 0 fully saturated rings. The first-order valence-corrected chi connectivity index (χ1v) is 9.21. The number of rotatable bonds is 2. The second-order valence-corrected chi connectivity index (χ2v) is 7.63. The van der Waals surface area contributed by atoms with E-state index in [1.165, 1.54) is 25.1 Å². The molecule has 30 heavy (non-hydrogen) atoms. The van der Waals surface area contributed by atoms with Gasteiger partial charge in [0.2, 0.25) is 5.56 Å². The second kappa shape index (κ2) is 6.73. The Morgan fingerprint density at radius 3 is 2.60 bits per heavy atom. The molecule has 4 rings (SSSR count). The maximum absolute atomic E-state index is 14.0. The van der Waals surface area contributed by atoms with Gasteiger partial charge in [0.1, 0.15) is 0 Å². The molecule has 0 spiro atoms. The predicted octanol–water partition coefficient (Wildman–Crippen LogP) is 4.33. The molecule has 5 nitrogen and oxygen atoms in total. The minimum absolute atomic E-state index is 0.0473. The van der Waals surface area contributed by atoms with Gasteiger partial charge in [-0.1, -0.05) is 13.0 Å². The summed E-state index contributed by atoms with van der Waals surface area (Å²) >= 11 is 0. The van der Waals surface area contributed by atoms with Gasteiger partial charge >= 0.3 is 6.18 Å². The predicted molar refractivity (Wildman–Crippen MR) is 103 cm³/mol. The van der Waals surface area contributed by atoms with Crippen molar-refractivity contribution in [1.82, 2.24) is 4.98 Å². The maximum atomic E-state index is 14.0. The van der Waals surface area contributed by atoms with Gasteiger partial charge in [0.25, 0.3) is 0 Å². The topological polar surface area (TPSA) is 85.4 Å². The average Bonchev–Trinajstić information content (AvgIpc) is 2.65. The summed E-state index contributed by atoms with van der Waals surface area (Å²) < 4.78 is 56.0. The number of aromatic amines is 1. The zero-order valence-corrected chi connectivity index (χ0v) is 15.7. The first-order chi connectivity index (χ1) is 14.0. The van der Waals surface area contributed by atoms with Crippen molar-refractivity contribution < 1.29 is 27.8 Å². The van der Waals surface area contributed by atoms with Crippen LogP contribution < -0.4 is 10.9 Å². The van der Waals surface area contributed by atoms with Crippen LogP contribution in [0.15, 0.2) is 47.3 Å². The van der Waals surface area contributed by atoms with Gasteiger partial charge in [-0.2, -0.15) is 13.2 Å². The number of fused-ring (bicyclic) bond motifs is 2. The number of halogens is 4. The van der Waals surface area contributed by atoms with E-state index in [9.17, 15) is 32.6 Å². The Morgan fingerprint density at radius 1 is 1.17 bits per heavy atom. The number of aliphatic hydroxyl groups is 1. The van der Waals surface area contributed by atoms with Crippen molar-refractivity contribution >= 4 is 16.6 Å². The van der Waals surface area contributed by atoms with E-state index in [2.05, 4.69) is 10.3 Å². The lowest BCUT2D eigenvalue weighted by molar-refractivity contribution is -0.272. The van der Waals surface area contributed by atoms with E-state index in [1.807, 2.05) is 0 Å². The van der Waals surface area contributed by atoms with Crippen LogP contribution in [-0.2, 0) is 0 Å². The van der Waals surface area contributed by atoms with Crippen molar-refractivity contribution in [2.24, 2.45) is 0 Å². The molecule has 3 aromatic rings. The molecule has 1 aromatic heterocycles. The highest BCUT2D eigenvalue weighted by Gasteiger charge is 2.62. The van der Waals surface area contributed by atoms with Crippen LogP contribution in [0.1, 0.15) is 36.4 Å². The molecule has 1 heterocycles. The summed E-state index contributed by atoms with van der Waals surface area (Å²) in [5.41, 5.74) is -2.69. The molecule has 9 heteroatoms. The largest absolute Gasteiger partial charge is 0.505 e. The molecular weight excluding hydrogens is 404 g/mol. The third-order valence-corrected chi connectivity index (χ3v) is 5.65. The Bertz CT molecular complexity index is 1190. The molecule has 0 bridgehead atoms. The SMILES string of the molecule is C[C@@H]1C[C@](O)(C(F)(F)F)C(Nc2cccc3[nH]c(=O)ccc23)c2cc(O)c(F)cc21. The Hall–Kier alpha value is -3.07. The number of alkyl halides is 3. The van der Waals surface area contributed by atoms with Crippen LogP contribution >= 0.6 is 0 Å². The summed E-state index contributed by atoms with van der Waals surface area (Å²) in [5.74, 6) is -2.55. The van der Waals surface area contributed by atoms with E-state index in [0.29, 0.717) is 10.9 Å². The van der Waals surface area contributed by atoms with E-state index in [1.54, 1.807) is 12.1 Å². The lowest BCUT2D eigenvalue weighted by Gasteiger charge is -2.45. The first kappa shape index (κ1) is 20.2. The molecular formula is C21H18F4N2O3. The molecule has 1 aliphatic carbocycles. The highest BCUT2D eigenvalue weighted by Crippen LogP contribution is 2.53. The van der Waals surface area contributed by atoms with Crippen molar-refractivity contribution in [2.75, 3.05) is 5.32 Å². The fraction of sp³-hybridized carbons (Fsp3) is 0.286. The second-order valence-electron chi connectivity index (χ2n) is 7.63. The van der Waals surface area contributed by atoms with Crippen molar-refractivity contribution in [3.05, 3.63) is 69.8 Å². The number of phenols is 1. The molecule has 3 atom stereocenters. The fourth-order valence-electron chi connectivity index (χ4n) is 4.17. The van der Waals surface area contributed by atoms with Gasteiger partial charge in [0.05, 0.1) is 11.6 Å². The van der Waals surface area contributed by atoms with Crippen LogP contribution in [0.2, 0.25) is 0 Å². The molecule has 0 saturated heterocycles. The zero-order valence-electron chi connectivity index (χ0n) is 15.7. The summed E-state index contributed by atoms with van der Waals surface area (Å²) in [7, 11) is 0. The van der Waals surface area contributed by atoms with E-state index < -0.39 is 41.7 Å². The van der Waals surface area contributed by atoms with Crippen LogP contribution in [-0.4, -0.2) is 27.0 Å². The highest BCUT2D eigenvalue weighted by molar-refractivity contribution is 5.91. The van der Waals surface area contributed by atoms with Crippen LogP contribution in [0.25, 0.3) is 10.9 Å². The van der Waals surface area contributed by atoms with Gasteiger partial charge in [0, 0.05) is 17.1 Å². The number of benzene rings is 2. The van der Waals surface area contributed by atoms with E-state index in [4.69, 9.17) is 0 Å². The summed E-state index contributed by atoms with van der Waals surface area (Å²) in [4.78, 5) is 14.2. The quantitative estimate of drug-likeness (QED) is 0.463. The lowest BCUT2D eigenvalue weighted by Crippen LogP contribution is -2.55. The van der Waals surface area contributed by atoms with Crippen LogP contribution in [0.3, 0.4) is 0 Å². The Labute approximate surface area is 168 Å². The monoisotopic (exact) mass is 422 g/mol. The number of aromatic hydroxyl groups is 1. The van der Waals surface area contributed by atoms with Crippen LogP contribution in [0, 0.1) is 5.82 Å². The van der Waals surface area contributed by atoms with Gasteiger partial charge < -0.3 is 20.5 Å². The molecule has 1 aliphatic rings. The van der Waals surface area contributed by atoms with Crippen molar-refractivity contribution in [3.8, 4) is 5.75 Å². The molecule has 0 aliphatic heterocycles. The summed E-state index contributed by atoms with van der Waals surface area (Å²) in [6.07, 6.45) is -5.69. The molecule has 0 amide bonds. The number of H-pyrrole nitrogens is 1. The molecule has 0 saturated carbocycles. The number of hydrogen-bond acceptors (Lipinski definition) is 4. The third-order valence-electron chi connectivity index (χ3n) is 5.65. The van der Waals surface area contributed by atoms with E-state index >= 15 is 0 Å². The summed E-state index contributed by atoms with van der Waals surface area (Å²) in [6.45, 7) is 1.46. The number of pyridine rings is 1. The number of anilines is 1. The smallest absolute Gasteiger partial charge is 0.419 e. The number of aromatic nitrogens is 1.